The van der Waals surface area contributed by atoms with Gasteiger partial charge in [0.1, 0.15) is 6.04 Å². The number of halogens is 2. The fourth-order valence-electron chi connectivity index (χ4n) is 3.91. The molecule has 4 aromatic rings. The number of fused-ring (bicyclic) bond motifs is 1. The molecule has 0 aliphatic rings. The SMILES string of the molecule is CC(C)C(NC(=O)Cc1cccs1)C(=O)N/N=C/c1cn(Cc2ccc(Cl)c(Cl)c2)c2ccccc12. The minimum Gasteiger partial charge on any atom is -0.344 e. The lowest BCUT2D eigenvalue weighted by Gasteiger charge is -2.20. The first-order valence-electron chi connectivity index (χ1n) is 11.5. The van der Waals surface area contributed by atoms with E-state index in [1.165, 1.54) is 11.3 Å². The molecule has 0 aliphatic heterocycles. The summed E-state index contributed by atoms with van der Waals surface area (Å²) in [7, 11) is 0. The zero-order chi connectivity index (χ0) is 25.7. The Bertz CT molecular complexity index is 1400. The molecule has 0 spiro atoms. The summed E-state index contributed by atoms with van der Waals surface area (Å²) in [6.07, 6.45) is 3.85. The van der Waals surface area contributed by atoms with Crippen LogP contribution in [0.3, 0.4) is 0 Å². The van der Waals surface area contributed by atoms with Crippen LogP contribution in [0.25, 0.3) is 10.9 Å². The number of aromatic nitrogens is 1. The molecule has 0 fully saturated rings. The van der Waals surface area contributed by atoms with E-state index in [1.807, 2.05) is 74.0 Å². The molecule has 1 atom stereocenters. The molecule has 0 radical (unpaired) electrons. The fraction of sp³-hybridized carbons (Fsp3) is 0.222. The summed E-state index contributed by atoms with van der Waals surface area (Å²) in [6, 6.07) is 16.7. The van der Waals surface area contributed by atoms with Gasteiger partial charge in [0.2, 0.25) is 5.91 Å². The number of hydrogen-bond donors (Lipinski definition) is 2. The highest BCUT2D eigenvalue weighted by Crippen LogP contribution is 2.25. The Labute approximate surface area is 223 Å². The fourth-order valence-corrected chi connectivity index (χ4v) is 4.93. The number of thiophene rings is 1. The lowest BCUT2D eigenvalue weighted by atomic mass is 10.0. The van der Waals surface area contributed by atoms with Crippen LogP contribution in [-0.4, -0.2) is 28.6 Å². The molecule has 186 valence electrons. The summed E-state index contributed by atoms with van der Waals surface area (Å²) in [5.41, 5.74) is 5.49. The van der Waals surface area contributed by atoms with E-state index >= 15 is 0 Å². The summed E-state index contributed by atoms with van der Waals surface area (Å²) >= 11 is 13.8. The van der Waals surface area contributed by atoms with Crippen molar-refractivity contribution in [3.63, 3.8) is 0 Å². The van der Waals surface area contributed by atoms with Crippen molar-refractivity contribution in [2.24, 2.45) is 11.0 Å². The lowest BCUT2D eigenvalue weighted by Crippen LogP contribution is -2.49. The van der Waals surface area contributed by atoms with E-state index in [4.69, 9.17) is 23.2 Å². The number of nitrogens with one attached hydrogen (secondary N) is 2. The molecular weight excluding hydrogens is 515 g/mol. The minimum absolute atomic E-state index is 0.0967. The first-order chi connectivity index (χ1) is 17.3. The molecule has 0 saturated heterocycles. The van der Waals surface area contributed by atoms with E-state index in [0.717, 1.165) is 26.9 Å². The van der Waals surface area contributed by atoms with E-state index in [2.05, 4.69) is 20.4 Å². The van der Waals surface area contributed by atoms with Crippen LogP contribution in [0, 0.1) is 5.92 Å². The molecule has 2 heterocycles. The van der Waals surface area contributed by atoms with Crippen LogP contribution in [0.1, 0.15) is 29.9 Å². The quantitative estimate of drug-likeness (QED) is 0.205. The normalized spacial score (nSPS) is 12.4. The number of hydrazone groups is 1. The highest BCUT2D eigenvalue weighted by molar-refractivity contribution is 7.10. The maximum Gasteiger partial charge on any atom is 0.262 e. The molecule has 6 nitrogen and oxygen atoms in total. The predicted molar refractivity (Wildman–Crippen MR) is 148 cm³/mol. The summed E-state index contributed by atoms with van der Waals surface area (Å²) in [4.78, 5) is 26.2. The van der Waals surface area contributed by atoms with E-state index in [1.54, 1.807) is 12.3 Å². The molecular formula is C27H26Cl2N4O2S. The van der Waals surface area contributed by atoms with Crippen LogP contribution < -0.4 is 10.7 Å². The van der Waals surface area contributed by atoms with Gasteiger partial charge < -0.3 is 9.88 Å². The number of nitrogens with zero attached hydrogens (tertiary/aromatic N) is 2. The van der Waals surface area contributed by atoms with Crippen molar-refractivity contribution in [3.05, 3.63) is 92.2 Å². The molecule has 4 rings (SSSR count). The van der Waals surface area contributed by atoms with Gasteiger partial charge in [0.25, 0.3) is 5.91 Å². The van der Waals surface area contributed by atoms with Gasteiger partial charge in [-0.2, -0.15) is 5.10 Å². The summed E-state index contributed by atoms with van der Waals surface area (Å²) < 4.78 is 2.10. The number of hydrogen-bond acceptors (Lipinski definition) is 4. The molecule has 9 heteroatoms. The molecule has 1 unspecified atom stereocenters. The van der Waals surface area contributed by atoms with Crippen LogP contribution in [0.5, 0.6) is 0 Å². The summed E-state index contributed by atoms with van der Waals surface area (Å²) in [5.74, 6) is -0.651. The molecule has 2 N–H and O–H groups in total. The van der Waals surface area contributed by atoms with Crippen LogP contribution in [-0.2, 0) is 22.6 Å². The molecule has 2 aromatic heterocycles. The Balaban J connectivity index is 1.46. The third-order valence-corrected chi connectivity index (χ3v) is 7.33. The molecule has 2 amide bonds. The number of carbonyl (C=O) groups excluding carboxylic acids is 2. The average Bonchev–Trinajstić information content (AvgIpc) is 3.48. The minimum atomic E-state index is -0.689. The van der Waals surface area contributed by atoms with Gasteiger partial charge in [-0.05, 0) is 41.1 Å². The van der Waals surface area contributed by atoms with E-state index < -0.39 is 6.04 Å². The zero-order valence-electron chi connectivity index (χ0n) is 19.9. The van der Waals surface area contributed by atoms with Crippen molar-refractivity contribution in [3.8, 4) is 0 Å². The Morgan fingerprint density at radius 2 is 1.89 bits per heavy atom. The van der Waals surface area contributed by atoms with Crippen molar-refractivity contribution in [1.82, 2.24) is 15.3 Å². The lowest BCUT2D eigenvalue weighted by molar-refractivity contribution is -0.129. The second-order valence-electron chi connectivity index (χ2n) is 8.76. The highest BCUT2D eigenvalue weighted by atomic mass is 35.5. The predicted octanol–water partition coefficient (Wildman–Crippen LogP) is 5.89. The topological polar surface area (TPSA) is 75.5 Å². The third-order valence-electron chi connectivity index (χ3n) is 5.72. The highest BCUT2D eigenvalue weighted by Gasteiger charge is 2.24. The van der Waals surface area contributed by atoms with E-state index in [-0.39, 0.29) is 24.2 Å². The monoisotopic (exact) mass is 540 g/mol. The first kappa shape index (κ1) is 25.9. The summed E-state index contributed by atoms with van der Waals surface area (Å²) in [5, 5.41) is 11.0. The van der Waals surface area contributed by atoms with Gasteiger partial charge in [-0.3, -0.25) is 9.59 Å². The van der Waals surface area contributed by atoms with Crippen molar-refractivity contribution in [2.45, 2.75) is 32.9 Å². The zero-order valence-corrected chi connectivity index (χ0v) is 22.2. The summed E-state index contributed by atoms with van der Waals surface area (Å²) in [6.45, 7) is 4.37. The van der Waals surface area contributed by atoms with Gasteiger partial charge in [-0.15, -0.1) is 11.3 Å². The van der Waals surface area contributed by atoms with Gasteiger partial charge in [0.15, 0.2) is 0 Å². The van der Waals surface area contributed by atoms with Crippen molar-refractivity contribution in [2.75, 3.05) is 0 Å². The Kier molecular flexibility index (Phi) is 8.46. The van der Waals surface area contributed by atoms with Gasteiger partial charge in [-0.1, -0.05) is 67.4 Å². The van der Waals surface area contributed by atoms with Gasteiger partial charge in [-0.25, -0.2) is 5.43 Å². The Morgan fingerprint density at radius 1 is 1.08 bits per heavy atom. The van der Waals surface area contributed by atoms with E-state index in [9.17, 15) is 9.59 Å². The number of para-hydroxylation sites is 1. The molecule has 0 saturated carbocycles. The smallest absolute Gasteiger partial charge is 0.262 e. The van der Waals surface area contributed by atoms with Crippen molar-refractivity contribution in [1.29, 1.82) is 0 Å². The largest absolute Gasteiger partial charge is 0.344 e. The number of benzene rings is 2. The maximum atomic E-state index is 12.8. The van der Waals surface area contributed by atoms with Crippen molar-refractivity contribution < 1.29 is 9.59 Å². The van der Waals surface area contributed by atoms with E-state index in [0.29, 0.717) is 16.6 Å². The number of amides is 2. The van der Waals surface area contributed by atoms with Crippen LogP contribution in [0.15, 0.2) is 71.3 Å². The van der Waals surface area contributed by atoms with Crippen LogP contribution in [0.2, 0.25) is 10.0 Å². The van der Waals surface area contributed by atoms with Crippen LogP contribution >= 0.6 is 34.5 Å². The Morgan fingerprint density at radius 3 is 2.61 bits per heavy atom. The van der Waals surface area contributed by atoms with Gasteiger partial charge in [0, 0.05) is 34.1 Å². The molecule has 36 heavy (non-hydrogen) atoms. The first-order valence-corrected chi connectivity index (χ1v) is 13.1. The maximum absolute atomic E-state index is 12.8. The molecule has 0 aliphatic carbocycles. The Hall–Kier alpha value is -3.13. The van der Waals surface area contributed by atoms with Crippen molar-refractivity contribution >= 4 is 63.5 Å². The second-order valence-corrected chi connectivity index (χ2v) is 10.6. The second kappa shape index (κ2) is 11.7. The standard InChI is InChI=1S/C27H26Cl2N4O2S/c1-17(2)26(31-25(34)13-20-6-5-11-36-20)27(35)32-30-14-19-16-33(24-8-4-3-7-21(19)24)15-18-9-10-22(28)23(29)12-18/h3-12,14,16-17,26H,13,15H2,1-2H3,(H,31,34)(H,32,35)/b30-14+. The average molecular weight is 542 g/mol. The van der Waals surface area contributed by atoms with Gasteiger partial charge in [0.05, 0.1) is 22.7 Å². The van der Waals surface area contributed by atoms with Gasteiger partial charge >= 0.3 is 0 Å². The van der Waals surface area contributed by atoms with Crippen LogP contribution in [0.4, 0.5) is 0 Å². The molecule has 0 bridgehead atoms. The number of rotatable bonds is 9. The number of carbonyl (C=O) groups is 2. The third kappa shape index (κ3) is 6.35. The molecule has 2 aromatic carbocycles.